The molecule has 7 nitrogen and oxygen atoms in total. The van der Waals surface area contributed by atoms with Crippen LogP contribution in [0.4, 0.5) is 0 Å². The molecule has 0 aliphatic carbocycles. The fourth-order valence-electron chi connectivity index (χ4n) is 2.74. The van der Waals surface area contributed by atoms with Gasteiger partial charge in [-0.05, 0) is 6.07 Å². The van der Waals surface area contributed by atoms with Crippen molar-refractivity contribution in [3.8, 4) is 5.75 Å². The van der Waals surface area contributed by atoms with Crippen LogP contribution in [-0.2, 0) is 28.1 Å². The molecule has 1 fully saturated rings. The lowest BCUT2D eigenvalue weighted by atomic mass is 10.1. The van der Waals surface area contributed by atoms with Crippen molar-refractivity contribution < 1.29 is 17.9 Å². The molecule has 2 aromatic rings. The number of imidazole rings is 1. The predicted octanol–water partition coefficient (Wildman–Crippen LogP) is 0.656. The monoisotopic (exact) mass is 349 g/mol. The Morgan fingerprint density at radius 2 is 2.04 bits per heavy atom. The molecular weight excluding hydrogens is 330 g/mol. The van der Waals surface area contributed by atoms with E-state index in [2.05, 4.69) is 4.98 Å². The first-order valence-corrected chi connectivity index (χ1v) is 9.09. The highest BCUT2D eigenvalue weighted by molar-refractivity contribution is 7.92. The number of hydrogen-bond acceptors (Lipinski definition) is 5. The van der Waals surface area contributed by atoms with Crippen LogP contribution in [0.15, 0.2) is 41.8 Å². The van der Waals surface area contributed by atoms with E-state index in [1.165, 1.54) is 10.8 Å². The first-order valence-electron chi connectivity index (χ1n) is 7.54. The molecule has 1 aromatic carbocycles. The second kappa shape index (κ2) is 6.27. The number of carbonyl (C=O) groups is 1. The van der Waals surface area contributed by atoms with E-state index < -0.39 is 15.1 Å². The van der Waals surface area contributed by atoms with E-state index >= 15 is 0 Å². The molecule has 1 aliphatic rings. The number of amides is 1. The SMILES string of the molecule is COc1ccccc1CC(=O)N1CC(S(=O)(=O)c2nccn2C)C1. The minimum absolute atomic E-state index is 0.0457. The number of para-hydroxylation sites is 1. The summed E-state index contributed by atoms with van der Waals surface area (Å²) in [5.41, 5.74) is 0.792. The molecule has 1 saturated heterocycles. The number of nitrogens with zero attached hydrogens (tertiary/aromatic N) is 3. The molecule has 1 aliphatic heterocycles. The third-order valence-corrected chi connectivity index (χ3v) is 6.28. The van der Waals surface area contributed by atoms with Gasteiger partial charge in [0, 0.05) is 38.1 Å². The molecule has 0 spiro atoms. The van der Waals surface area contributed by atoms with Crippen molar-refractivity contribution in [3.05, 3.63) is 42.2 Å². The molecule has 0 bridgehead atoms. The summed E-state index contributed by atoms with van der Waals surface area (Å²) in [6, 6.07) is 7.31. The minimum atomic E-state index is -3.51. The normalized spacial score (nSPS) is 15.2. The topological polar surface area (TPSA) is 81.5 Å². The van der Waals surface area contributed by atoms with Gasteiger partial charge >= 0.3 is 0 Å². The standard InChI is InChI=1S/C16H19N3O4S/c1-18-8-7-17-16(18)24(21,22)13-10-19(11-13)15(20)9-12-5-3-4-6-14(12)23-2/h3-8,13H,9-11H2,1-2H3. The van der Waals surface area contributed by atoms with Gasteiger partial charge in [0.05, 0.1) is 13.5 Å². The fraction of sp³-hybridized carbons (Fsp3) is 0.375. The largest absolute Gasteiger partial charge is 0.496 e. The molecule has 2 heterocycles. The summed E-state index contributed by atoms with van der Waals surface area (Å²) < 4.78 is 31.7. The maximum atomic E-state index is 12.5. The van der Waals surface area contributed by atoms with Gasteiger partial charge in [-0.3, -0.25) is 4.79 Å². The van der Waals surface area contributed by atoms with Crippen LogP contribution in [0.1, 0.15) is 5.56 Å². The smallest absolute Gasteiger partial charge is 0.227 e. The number of aryl methyl sites for hydroxylation is 1. The molecular formula is C16H19N3O4S. The van der Waals surface area contributed by atoms with E-state index in [0.717, 1.165) is 5.56 Å². The van der Waals surface area contributed by atoms with Gasteiger partial charge in [0.25, 0.3) is 0 Å². The van der Waals surface area contributed by atoms with Crippen LogP contribution in [0.5, 0.6) is 5.75 Å². The predicted molar refractivity (Wildman–Crippen MR) is 87.5 cm³/mol. The summed E-state index contributed by atoms with van der Waals surface area (Å²) in [5.74, 6) is 0.550. The number of sulfone groups is 1. The fourth-order valence-corrected chi connectivity index (χ4v) is 4.46. The van der Waals surface area contributed by atoms with Crippen LogP contribution in [0.25, 0.3) is 0 Å². The van der Waals surface area contributed by atoms with Gasteiger partial charge in [0.15, 0.2) is 0 Å². The molecule has 0 saturated carbocycles. The second-order valence-electron chi connectivity index (χ2n) is 5.78. The van der Waals surface area contributed by atoms with Gasteiger partial charge in [0.2, 0.25) is 20.9 Å². The molecule has 1 amide bonds. The average molecular weight is 349 g/mol. The quantitative estimate of drug-likeness (QED) is 0.792. The molecule has 0 N–H and O–H groups in total. The van der Waals surface area contributed by atoms with Crippen LogP contribution in [0, 0.1) is 0 Å². The van der Waals surface area contributed by atoms with Gasteiger partial charge in [-0.2, -0.15) is 0 Å². The van der Waals surface area contributed by atoms with Crippen LogP contribution in [-0.4, -0.2) is 54.2 Å². The van der Waals surface area contributed by atoms with Gasteiger partial charge in [-0.25, -0.2) is 13.4 Å². The number of hydrogen-bond donors (Lipinski definition) is 0. The van der Waals surface area contributed by atoms with Crippen LogP contribution < -0.4 is 4.74 Å². The van der Waals surface area contributed by atoms with Gasteiger partial charge < -0.3 is 14.2 Å². The van der Waals surface area contributed by atoms with Crippen molar-refractivity contribution in [1.82, 2.24) is 14.5 Å². The third-order valence-electron chi connectivity index (χ3n) is 4.21. The van der Waals surface area contributed by atoms with E-state index in [1.807, 2.05) is 18.2 Å². The summed E-state index contributed by atoms with van der Waals surface area (Å²) in [6.45, 7) is 0.395. The maximum Gasteiger partial charge on any atom is 0.227 e. The first-order chi connectivity index (χ1) is 11.4. The number of benzene rings is 1. The third kappa shape index (κ3) is 2.89. The Morgan fingerprint density at radius 1 is 1.33 bits per heavy atom. The Bertz CT molecular complexity index is 854. The molecule has 0 atom stereocenters. The maximum absolute atomic E-state index is 12.5. The first kappa shape index (κ1) is 16.5. The van der Waals surface area contributed by atoms with Gasteiger partial charge in [-0.15, -0.1) is 0 Å². The molecule has 1 aromatic heterocycles. The summed E-state index contributed by atoms with van der Waals surface area (Å²) in [4.78, 5) is 17.8. The number of aromatic nitrogens is 2. The van der Waals surface area contributed by atoms with Crippen molar-refractivity contribution in [3.63, 3.8) is 0 Å². The van der Waals surface area contributed by atoms with Crippen LogP contribution in [0.3, 0.4) is 0 Å². The highest BCUT2D eigenvalue weighted by Crippen LogP contribution is 2.24. The zero-order valence-corrected chi connectivity index (χ0v) is 14.4. The number of carbonyl (C=O) groups excluding carboxylic acids is 1. The summed E-state index contributed by atoms with van der Waals surface area (Å²) in [6.07, 6.45) is 3.24. The molecule has 8 heteroatoms. The Balaban J connectivity index is 1.64. The lowest BCUT2D eigenvalue weighted by molar-refractivity contribution is -0.133. The Morgan fingerprint density at radius 3 is 2.67 bits per heavy atom. The summed E-state index contributed by atoms with van der Waals surface area (Å²) >= 11 is 0. The van der Waals surface area contributed by atoms with E-state index in [4.69, 9.17) is 4.74 Å². The molecule has 0 radical (unpaired) electrons. The van der Waals surface area contributed by atoms with E-state index in [1.54, 1.807) is 31.3 Å². The second-order valence-corrected chi connectivity index (χ2v) is 7.90. The van der Waals surface area contributed by atoms with Gasteiger partial charge in [0.1, 0.15) is 11.0 Å². The van der Waals surface area contributed by atoms with Crippen molar-refractivity contribution in [2.24, 2.45) is 7.05 Å². The highest BCUT2D eigenvalue weighted by Gasteiger charge is 2.42. The van der Waals surface area contributed by atoms with Crippen LogP contribution in [0.2, 0.25) is 0 Å². The lowest BCUT2D eigenvalue weighted by Gasteiger charge is -2.38. The molecule has 0 unspecified atom stereocenters. The molecule has 128 valence electrons. The summed E-state index contributed by atoms with van der Waals surface area (Å²) in [5, 5.41) is -0.551. The highest BCUT2D eigenvalue weighted by atomic mass is 32.2. The van der Waals surface area contributed by atoms with Crippen molar-refractivity contribution in [2.75, 3.05) is 20.2 Å². The summed E-state index contributed by atoms with van der Waals surface area (Å²) in [7, 11) is -0.308. The van der Waals surface area contributed by atoms with Crippen molar-refractivity contribution in [1.29, 1.82) is 0 Å². The number of ether oxygens (including phenoxy) is 1. The van der Waals surface area contributed by atoms with Crippen molar-refractivity contribution >= 4 is 15.7 Å². The number of rotatable bonds is 5. The van der Waals surface area contributed by atoms with E-state index in [9.17, 15) is 13.2 Å². The van der Waals surface area contributed by atoms with E-state index in [0.29, 0.717) is 5.75 Å². The van der Waals surface area contributed by atoms with E-state index in [-0.39, 0.29) is 30.6 Å². The van der Waals surface area contributed by atoms with Gasteiger partial charge in [-0.1, -0.05) is 18.2 Å². The molecule has 3 rings (SSSR count). The average Bonchev–Trinajstić information content (AvgIpc) is 2.93. The van der Waals surface area contributed by atoms with Crippen molar-refractivity contribution in [2.45, 2.75) is 16.8 Å². The number of likely N-dealkylation sites (tertiary alicyclic amines) is 1. The lowest BCUT2D eigenvalue weighted by Crippen LogP contribution is -2.57. The minimum Gasteiger partial charge on any atom is -0.496 e. The molecule has 24 heavy (non-hydrogen) atoms. The zero-order chi connectivity index (χ0) is 17.3. The Hall–Kier alpha value is -2.35. The Labute approximate surface area is 140 Å². The Kier molecular flexibility index (Phi) is 4.31. The zero-order valence-electron chi connectivity index (χ0n) is 13.5. The van der Waals surface area contributed by atoms with Crippen LogP contribution >= 0.6 is 0 Å². The number of methoxy groups -OCH3 is 1.